The molecule has 0 aliphatic carbocycles. The molecule has 0 amide bonds. The quantitative estimate of drug-likeness (QED) is 0.735. The number of hydrogen-bond donors (Lipinski definition) is 2. The van der Waals surface area contributed by atoms with E-state index >= 15 is 0 Å². The zero-order chi connectivity index (χ0) is 13.4. The standard InChI is InChI=1S/C14H13N3O2/c1-2-9-11(18)7-13(19)16-14(9)10-8-17-6-4-3-5-12(17)15-10/h3-8H,2H2,1H3,(H2,16,18,19). The fourth-order valence-corrected chi connectivity index (χ4v) is 2.21. The van der Waals surface area contributed by atoms with Gasteiger partial charge in [0, 0.05) is 24.0 Å². The van der Waals surface area contributed by atoms with Crippen LogP contribution in [0.25, 0.3) is 17.0 Å². The fourth-order valence-electron chi connectivity index (χ4n) is 2.21. The predicted octanol–water partition coefficient (Wildman–Crippen LogP) is 1.96. The fraction of sp³-hybridized carbons (Fsp3) is 0.143. The number of H-pyrrole nitrogens is 1. The Morgan fingerprint density at radius 1 is 1.42 bits per heavy atom. The maximum atomic E-state index is 11.5. The molecule has 19 heavy (non-hydrogen) atoms. The van der Waals surface area contributed by atoms with Gasteiger partial charge in [0.1, 0.15) is 17.1 Å². The van der Waals surface area contributed by atoms with Gasteiger partial charge in [-0.15, -0.1) is 0 Å². The number of fused-ring (bicyclic) bond motifs is 1. The summed E-state index contributed by atoms with van der Waals surface area (Å²) in [6.07, 6.45) is 4.34. The first kappa shape index (κ1) is 11.5. The van der Waals surface area contributed by atoms with Crippen molar-refractivity contribution >= 4 is 5.65 Å². The minimum atomic E-state index is -0.332. The largest absolute Gasteiger partial charge is 0.507 e. The van der Waals surface area contributed by atoms with E-state index in [1.807, 2.05) is 41.9 Å². The third-order valence-corrected chi connectivity index (χ3v) is 3.10. The lowest BCUT2D eigenvalue weighted by Gasteiger charge is -2.06. The third-order valence-electron chi connectivity index (χ3n) is 3.10. The van der Waals surface area contributed by atoms with Gasteiger partial charge in [0.05, 0.1) is 5.69 Å². The normalized spacial score (nSPS) is 11.0. The van der Waals surface area contributed by atoms with Crippen molar-refractivity contribution in [3.8, 4) is 17.1 Å². The van der Waals surface area contributed by atoms with Crippen molar-refractivity contribution in [3.05, 3.63) is 52.6 Å². The predicted molar refractivity (Wildman–Crippen MR) is 72.3 cm³/mol. The van der Waals surface area contributed by atoms with Gasteiger partial charge in [-0.25, -0.2) is 4.98 Å². The molecule has 3 heterocycles. The first-order valence-electron chi connectivity index (χ1n) is 6.08. The van der Waals surface area contributed by atoms with Crippen molar-refractivity contribution in [1.29, 1.82) is 0 Å². The summed E-state index contributed by atoms with van der Waals surface area (Å²) in [5.74, 6) is 0.0123. The average Bonchev–Trinajstić information content (AvgIpc) is 2.81. The second-order valence-corrected chi connectivity index (χ2v) is 4.32. The van der Waals surface area contributed by atoms with E-state index in [1.54, 1.807) is 0 Å². The molecule has 3 rings (SSSR count). The molecular weight excluding hydrogens is 242 g/mol. The lowest BCUT2D eigenvalue weighted by molar-refractivity contribution is 0.467. The number of pyridine rings is 2. The summed E-state index contributed by atoms with van der Waals surface area (Å²) in [6, 6.07) is 6.89. The van der Waals surface area contributed by atoms with Gasteiger partial charge in [-0.05, 0) is 18.6 Å². The SMILES string of the molecule is CCc1c(O)cc(=O)[nH]c1-c1cn2ccccc2n1. The summed E-state index contributed by atoms with van der Waals surface area (Å²) in [4.78, 5) is 18.7. The van der Waals surface area contributed by atoms with E-state index in [9.17, 15) is 9.90 Å². The minimum Gasteiger partial charge on any atom is -0.507 e. The molecule has 3 aromatic rings. The Morgan fingerprint density at radius 2 is 2.26 bits per heavy atom. The highest BCUT2D eigenvalue weighted by Crippen LogP contribution is 2.26. The first-order chi connectivity index (χ1) is 9.19. The maximum absolute atomic E-state index is 11.5. The summed E-state index contributed by atoms with van der Waals surface area (Å²) in [5.41, 5.74) is 2.39. The number of aromatic nitrogens is 3. The number of nitrogens with zero attached hydrogens (tertiary/aromatic N) is 2. The molecule has 0 spiro atoms. The zero-order valence-corrected chi connectivity index (χ0v) is 10.4. The minimum absolute atomic E-state index is 0.0123. The summed E-state index contributed by atoms with van der Waals surface area (Å²) in [6.45, 7) is 1.92. The molecule has 0 aliphatic heterocycles. The molecule has 5 heteroatoms. The van der Waals surface area contributed by atoms with Crippen LogP contribution in [-0.4, -0.2) is 19.5 Å². The van der Waals surface area contributed by atoms with Crippen LogP contribution < -0.4 is 5.56 Å². The lowest BCUT2D eigenvalue weighted by atomic mass is 10.1. The van der Waals surface area contributed by atoms with E-state index in [2.05, 4.69) is 9.97 Å². The highest BCUT2D eigenvalue weighted by Gasteiger charge is 2.13. The van der Waals surface area contributed by atoms with Crippen molar-refractivity contribution < 1.29 is 5.11 Å². The van der Waals surface area contributed by atoms with E-state index in [4.69, 9.17) is 0 Å². The molecule has 0 saturated carbocycles. The number of rotatable bonds is 2. The molecular formula is C14H13N3O2. The topological polar surface area (TPSA) is 70.4 Å². The smallest absolute Gasteiger partial charge is 0.252 e. The monoisotopic (exact) mass is 255 g/mol. The lowest BCUT2D eigenvalue weighted by Crippen LogP contribution is -2.08. The highest BCUT2D eigenvalue weighted by atomic mass is 16.3. The average molecular weight is 255 g/mol. The van der Waals surface area contributed by atoms with Gasteiger partial charge in [-0.1, -0.05) is 13.0 Å². The van der Waals surface area contributed by atoms with Gasteiger partial charge in [-0.2, -0.15) is 0 Å². The Morgan fingerprint density at radius 3 is 3.00 bits per heavy atom. The van der Waals surface area contributed by atoms with Crippen LogP contribution in [0, 0.1) is 0 Å². The maximum Gasteiger partial charge on any atom is 0.252 e. The van der Waals surface area contributed by atoms with E-state index in [-0.39, 0.29) is 11.3 Å². The molecule has 0 atom stereocenters. The molecule has 3 aromatic heterocycles. The van der Waals surface area contributed by atoms with Crippen LogP contribution in [-0.2, 0) is 6.42 Å². The van der Waals surface area contributed by atoms with Crippen LogP contribution in [0.4, 0.5) is 0 Å². The van der Waals surface area contributed by atoms with Gasteiger partial charge in [0.15, 0.2) is 0 Å². The second kappa shape index (κ2) is 4.28. The van der Waals surface area contributed by atoms with Crippen molar-refractivity contribution in [2.45, 2.75) is 13.3 Å². The molecule has 0 fully saturated rings. The van der Waals surface area contributed by atoms with Gasteiger partial charge >= 0.3 is 0 Å². The Labute approximate surface area is 109 Å². The number of aromatic hydroxyl groups is 1. The highest BCUT2D eigenvalue weighted by molar-refractivity contribution is 5.64. The molecule has 0 aromatic carbocycles. The first-order valence-corrected chi connectivity index (χ1v) is 6.08. The molecule has 0 radical (unpaired) electrons. The van der Waals surface area contributed by atoms with Crippen molar-refractivity contribution in [2.75, 3.05) is 0 Å². The van der Waals surface area contributed by atoms with E-state index in [1.165, 1.54) is 6.07 Å². The summed E-state index contributed by atoms with van der Waals surface area (Å²) in [5, 5.41) is 9.85. The Kier molecular flexibility index (Phi) is 2.59. The van der Waals surface area contributed by atoms with Gasteiger partial charge < -0.3 is 14.5 Å². The number of imidazole rings is 1. The Balaban J connectivity index is 2.28. The Bertz CT molecular complexity index is 769. The van der Waals surface area contributed by atoms with Gasteiger partial charge in [0.25, 0.3) is 5.56 Å². The Hall–Kier alpha value is -2.56. The molecule has 0 unspecified atom stereocenters. The summed E-state index contributed by atoms with van der Waals surface area (Å²) >= 11 is 0. The van der Waals surface area contributed by atoms with Crippen LogP contribution >= 0.6 is 0 Å². The van der Waals surface area contributed by atoms with E-state index < -0.39 is 0 Å². The van der Waals surface area contributed by atoms with Crippen molar-refractivity contribution in [2.24, 2.45) is 0 Å². The molecule has 0 aliphatic rings. The van der Waals surface area contributed by atoms with Gasteiger partial charge in [0.2, 0.25) is 0 Å². The molecule has 0 saturated heterocycles. The van der Waals surface area contributed by atoms with E-state index in [0.29, 0.717) is 23.4 Å². The molecule has 96 valence electrons. The van der Waals surface area contributed by atoms with Crippen LogP contribution in [0.2, 0.25) is 0 Å². The molecule has 2 N–H and O–H groups in total. The van der Waals surface area contributed by atoms with Crippen LogP contribution in [0.15, 0.2) is 41.5 Å². The van der Waals surface area contributed by atoms with Crippen molar-refractivity contribution in [3.63, 3.8) is 0 Å². The van der Waals surface area contributed by atoms with Gasteiger partial charge in [-0.3, -0.25) is 4.79 Å². The molecule has 5 nitrogen and oxygen atoms in total. The number of hydrogen-bond acceptors (Lipinski definition) is 3. The van der Waals surface area contributed by atoms with Crippen molar-refractivity contribution in [1.82, 2.24) is 14.4 Å². The van der Waals surface area contributed by atoms with Crippen LogP contribution in [0.5, 0.6) is 5.75 Å². The summed E-state index contributed by atoms with van der Waals surface area (Å²) in [7, 11) is 0. The van der Waals surface area contributed by atoms with Crippen LogP contribution in [0.1, 0.15) is 12.5 Å². The second-order valence-electron chi connectivity index (χ2n) is 4.32. The van der Waals surface area contributed by atoms with Crippen LogP contribution in [0.3, 0.4) is 0 Å². The number of aromatic amines is 1. The van der Waals surface area contributed by atoms with E-state index in [0.717, 1.165) is 5.65 Å². The summed E-state index contributed by atoms with van der Waals surface area (Å²) < 4.78 is 1.87. The zero-order valence-electron chi connectivity index (χ0n) is 10.4. The third kappa shape index (κ3) is 1.89. The number of nitrogens with one attached hydrogen (secondary N) is 1. The molecule has 0 bridgehead atoms.